The summed E-state index contributed by atoms with van der Waals surface area (Å²) in [6.07, 6.45) is 3.88. The van der Waals surface area contributed by atoms with E-state index < -0.39 is 0 Å². The molecular weight excluding hydrogens is 281 g/mol. The van der Waals surface area contributed by atoms with E-state index in [-0.39, 0.29) is 11.2 Å². The van der Waals surface area contributed by atoms with E-state index >= 15 is 0 Å². The summed E-state index contributed by atoms with van der Waals surface area (Å²) >= 11 is 3.48. The van der Waals surface area contributed by atoms with E-state index in [1.807, 2.05) is 6.07 Å². The van der Waals surface area contributed by atoms with Crippen molar-refractivity contribution in [2.24, 2.45) is 5.92 Å². The lowest BCUT2D eigenvalue weighted by atomic mass is 9.95. The molecule has 2 saturated carbocycles. The first kappa shape index (κ1) is 11.7. The molecule has 1 aromatic carbocycles. The lowest BCUT2D eigenvalue weighted by Crippen LogP contribution is -2.22. The number of rotatable bonds is 4. The fourth-order valence-corrected chi connectivity index (χ4v) is 3.43. The van der Waals surface area contributed by atoms with Crippen molar-refractivity contribution in [2.45, 2.75) is 37.6 Å². The Kier molecular flexibility index (Phi) is 2.79. The van der Waals surface area contributed by atoms with Crippen LogP contribution in [0, 0.1) is 11.7 Å². The van der Waals surface area contributed by atoms with Gasteiger partial charge in [0.25, 0.3) is 0 Å². The second kappa shape index (κ2) is 4.06. The van der Waals surface area contributed by atoms with Gasteiger partial charge in [-0.2, -0.15) is 0 Å². The molecule has 0 aliphatic heterocycles. The minimum atomic E-state index is -0.169. The van der Waals surface area contributed by atoms with Crippen molar-refractivity contribution in [2.75, 3.05) is 6.54 Å². The van der Waals surface area contributed by atoms with Crippen LogP contribution in [0.2, 0.25) is 0 Å². The van der Waals surface area contributed by atoms with Gasteiger partial charge in [-0.05, 0) is 54.8 Å². The van der Waals surface area contributed by atoms with Crippen LogP contribution in [0.15, 0.2) is 22.7 Å². The molecule has 3 rings (SSSR count). The van der Waals surface area contributed by atoms with Crippen molar-refractivity contribution < 1.29 is 4.39 Å². The molecule has 92 valence electrons. The lowest BCUT2D eigenvalue weighted by Gasteiger charge is -2.14. The third kappa shape index (κ3) is 2.27. The molecule has 1 N–H and O–H groups in total. The minimum absolute atomic E-state index is 0.169. The van der Waals surface area contributed by atoms with Crippen LogP contribution in [0.4, 0.5) is 4.39 Å². The molecule has 0 aromatic heterocycles. The Morgan fingerprint density at radius 3 is 2.88 bits per heavy atom. The van der Waals surface area contributed by atoms with Crippen molar-refractivity contribution >= 4 is 15.9 Å². The summed E-state index contributed by atoms with van der Waals surface area (Å²) in [6, 6.07) is 5.84. The van der Waals surface area contributed by atoms with E-state index in [9.17, 15) is 4.39 Å². The van der Waals surface area contributed by atoms with Crippen LogP contribution in [-0.4, -0.2) is 12.6 Å². The maximum atomic E-state index is 13.1. The van der Waals surface area contributed by atoms with E-state index in [1.54, 1.807) is 12.1 Å². The number of nitrogens with one attached hydrogen (secondary N) is 1. The van der Waals surface area contributed by atoms with E-state index in [0.29, 0.717) is 5.92 Å². The first-order valence-corrected chi connectivity index (χ1v) is 7.08. The van der Waals surface area contributed by atoms with Crippen molar-refractivity contribution in [1.29, 1.82) is 0 Å². The van der Waals surface area contributed by atoms with Crippen LogP contribution in [0.25, 0.3) is 0 Å². The molecule has 0 radical (unpaired) electrons. The number of benzene rings is 1. The summed E-state index contributed by atoms with van der Waals surface area (Å²) in [4.78, 5) is 0. The fraction of sp³-hybridized carbons (Fsp3) is 0.571. The van der Waals surface area contributed by atoms with Crippen LogP contribution in [0.1, 0.15) is 31.7 Å². The molecule has 2 fully saturated rings. The summed E-state index contributed by atoms with van der Waals surface area (Å²) in [5.41, 5.74) is 1.48. The van der Waals surface area contributed by atoms with Crippen LogP contribution >= 0.6 is 15.9 Å². The van der Waals surface area contributed by atoms with E-state index in [2.05, 4.69) is 28.2 Å². The number of hydrogen-bond donors (Lipinski definition) is 1. The Hall–Kier alpha value is -0.410. The third-order valence-corrected chi connectivity index (χ3v) is 4.84. The van der Waals surface area contributed by atoms with Crippen molar-refractivity contribution in [3.63, 3.8) is 0 Å². The normalized spacial score (nSPS) is 31.6. The van der Waals surface area contributed by atoms with Gasteiger partial charge in [0.2, 0.25) is 0 Å². The van der Waals surface area contributed by atoms with Gasteiger partial charge in [0.1, 0.15) is 5.82 Å². The molecule has 3 heteroatoms. The Labute approximate surface area is 110 Å². The lowest BCUT2D eigenvalue weighted by molar-refractivity contribution is 0.572. The number of halogens is 2. The zero-order valence-electron chi connectivity index (χ0n) is 9.97. The van der Waals surface area contributed by atoms with Gasteiger partial charge in [0.05, 0.1) is 0 Å². The van der Waals surface area contributed by atoms with E-state index in [0.717, 1.165) is 17.1 Å². The van der Waals surface area contributed by atoms with Crippen molar-refractivity contribution in [3.8, 4) is 0 Å². The second-order valence-electron chi connectivity index (χ2n) is 5.63. The van der Waals surface area contributed by atoms with Crippen LogP contribution in [0.3, 0.4) is 0 Å². The quantitative estimate of drug-likeness (QED) is 0.895. The highest BCUT2D eigenvalue weighted by Crippen LogP contribution is 2.55. The van der Waals surface area contributed by atoms with E-state index in [1.165, 1.54) is 24.8 Å². The molecule has 1 aromatic rings. The van der Waals surface area contributed by atoms with E-state index in [4.69, 9.17) is 0 Å². The predicted molar refractivity (Wildman–Crippen MR) is 70.6 cm³/mol. The molecule has 0 amide bonds. The SMILES string of the molecule is CC1(c2ccc(F)cc2Br)CC1CNC1CC1. The molecule has 1 nitrogen and oxygen atoms in total. The molecule has 17 heavy (non-hydrogen) atoms. The van der Waals surface area contributed by atoms with Gasteiger partial charge in [-0.1, -0.05) is 28.9 Å². The topological polar surface area (TPSA) is 12.0 Å². The molecule has 2 aliphatic rings. The van der Waals surface area contributed by atoms with Crippen molar-refractivity contribution in [3.05, 3.63) is 34.1 Å². The van der Waals surface area contributed by atoms with Crippen LogP contribution < -0.4 is 5.32 Å². The summed E-state index contributed by atoms with van der Waals surface area (Å²) in [6.45, 7) is 3.38. The highest BCUT2D eigenvalue weighted by molar-refractivity contribution is 9.10. The monoisotopic (exact) mass is 297 g/mol. The maximum absolute atomic E-state index is 13.1. The van der Waals surface area contributed by atoms with Gasteiger partial charge < -0.3 is 5.32 Å². The first-order valence-electron chi connectivity index (χ1n) is 6.28. The molecule has 0 heterocycles. The predicted octanol–water partition coefficient (Wildman–Crippen LogP) is 3.62. The Balaban J connectivity index is 1.70. The van der Waals surface area contributed by atoms with Crippen LogP contribution in [0.5, 0.6) is 0 Å². The maximum Gasteiger partial charge on any atom is 0.124 e. The highest BCUT2D eigenvalue weighted by Gasteiger charge is 2.51. The molecule has 2 atom stereocenters. The second-order valence-corrected chi connectivity index (χ2v) is 6.48. The molecule has 0 saturated heterocycles. The molecule has 2 aliphatic carbocycles. The van der Waals surface area contributed by atoms with Gasteiger partial charge in [0, 0.05) is 10.5 Å². The Bertz CT molecular complexity index is 444. The molecule has 2 unspecified atom stereocenters. The van der Waals surface area contributed by atoms with Crippen LogP contribution in [-0.2, 0) is 5.41 Å². The van der Waals surface area contributed by atoms with Crippen molar-refractivity contribution in [1.82, 2.24) is 5.32 Å². The summed E-state index contributed by atoms with van der Waals surface area (Å²) in [7, 11) is 0. The van der Waals surface area contributed by atoms with Gasteiger partial charge >= 0.3 is 0 Å². The molecular formula is C14H17BrFN. The summed E-state index contributed by atoms with van der Waals surface area (Å²) in [5.74, 6) is 0.530. The number of hydrogen-bond acceptors (Lipinski definition) is 1. The summed E-state index contributed by atoms with van der Waals surface area (Å²) < 4.78 is 14.0. The zero-order chi connectivity index (χ0) is 12.0. The minimum Gasteiger partial charge on any atom is -0.314 e. The smallest absolute Gasteiger partial charge is 0.124 e. The average Bonchev–Trinajstić information content (AvgIpc) is 3.13. The average molecular weight is 298 g/mol. The fourth-order valence-electron chi connectivity index (χ4n) is 2.63. The summed E-state index contributed by atoms with van der Waals surface area (Å²) in [5, 5.41) is 3.58. The zero-order valence-corrected chi connectivity index (χ0v) is 11.6. The molecule has 0 bridgehead atoms. The highest BCUT2D eigenvalue weighted by atomic mass is 79.9. The standard InChI is InChI=1S/C14H17BrFN/c1-14(7-9(14)8-17-11-3-4-11)12-5-2-10(16)6-13(12)15/h2,5-6,9,11,17H,3-4,7-8H2,1H3. The Morgan fingerprint density at radius 2 is 2.24 bits per heavy atom. The van der Waals surface area contributed by atoms with Gasteiger partial charge in [-0.15, -0.1) is 0 Å². The van der Waals surface area contributed by atoms with Gasteiger partial charge in [-0.25, -0.2) is 4.39 Å². The Morgan fingerprint density at radius 1 is 1.47 bits per heavy atom. The third-order valence-electron chi connectivity index (χ3n) is 4.19. The molecule has 0 spiro atoms. The largest absolute Gasteiger partial charge is 0.314 e. The first-order chi connectivity index (χ1) is 8.09. The van der Waals surface area contributed by atoms with Gasteiger partial charge in [-0.3, -0.25) is 0 Å². The van der Waals surface area contributed by atoms with Gasteiger partial charge in [0.15, 0.2) is 0 Å².